The first-order valence-electron chi connectivity index (χ1n) is 5.85. The standard InChI is InChI=1S/C14H15NO3S/c1-4-6-10(5-2)14-15-12-9-11(19(3,16)17)7-8-13(12)18-14/h4-9H,1-3H3/b6-4-,10-5+. The normalized spacial score (nSPS) is 13.5. The Hall–Kier alpha value is -1.88. The predicted molar refractivity (Wildman–Crippen MR) is 75.6 cm³/mol. The van der Waals surface area contributed by atoms with E-state index in [4.69, 9.17) is 4.42 Å². The van der Waals surface area contributed by atoms with Gasteiger partial charge in [0.25, 0.3) is 0 Å². The molecule has 5 heteroatoms. The molecular weight excluding hydrogens is 262 g/mol. The third-order valence-electron chi connectivity index (χ3n) is 2.69. The lowest BCUT2D eigenvalue weighted by Crippen LogP contribution is -1.96. The first-order valence-corrected chi connectivity index (χ1v) is 7.75. The van der Waals surface area contributed by atoms with Crippen LogP contribution in [0.3, 0.4) is 0 Å². The number of hydrogen-bond donors (Lipinski definition) is 0. The minimum absolute atomic E-state index is 0.243. The lowest BCUT2D eigenvalue weighted by atomic mass is 10.2. The van der Waals surface area contributed by atoms with Crippen LogP contribution >= 0.6 is 0 Å². The second-order valence-corrected chi connectivity index (χ2v) is 6.18. The molecule has 0 N–H and O–H groups in total. The lowest BCUT2D eigenvalue weighted by Gasteiger charge is -1.95. The number of fused-ring (bicyclic) bond motifs is 1. The minimum Gasteiger partial charge on any atom is -0.436 e. The molecule has 0 radical (unpaired) electrons. The third kappa shape index (κ3) is 2.76. The number of benzene rings is 1. The molecule has 1 heterocycles. The van der Waals surface area contributed by atoms with Crippen molar-refractivity contribution in [3.05, 3.63) is 42.3 Å². The van der Waals surface area contributed by atoms with Crippen molar-refractivity contribution in [2.45, 2.75) is 18.7 Å². The monoisotopic (exact) mass is 277 g/mol. The topological polar surface area (TPSA) is 60.2 Å². The summed E-state index contributed by atoms with van der Waals surface area (Å²) in [5.74, 6) is 0.487. The highest BCUT2D eigenvalue weighted by atomic mass is 32.2. The SMILES string of the molecule is C/C=C\C(=C/C)c1nc2cc(S(C)(=O)=O)ccc2o1. The number of rotatable bonds is 3. The number of allylic oxidation sites excluding steroid dienone is 4. The maximum absolute atomic E-state index is 11.5. The van der Waals surface area contributed by atoms with E-state index in [1.165, 1.54) is 18.4 Å². The fraction of sp³-hybridized carbons (Fsp3) is 0.214. The zero-order valence-corrected chi connectivity index (χ0v) is 11.9. The van der Waals surface area contributed by atoms with Crippen LogP contribution in [0, 0.1) is 0 Å². The van der Waals surface area contributed by atoms with Crippen LogP contribution in [-0.4, -0.2) is 19.7 Å². The minimum atomic E-state index is -3.23. The molecule has 4 nitrogen and oxygen atoms in total. The molecule has 19 heavy (non-hydrogen) atoms. The van der Waals surface area contributed by atoms with E-state index in [0.717, 1.165) is 5.57 Å². The van der Waals surface area contributed by atoms with Gasteiger partial charge < -0.3 is 4.42 Å². The van der Waals surface area contributed by atoms with Gasteiger partial charge in [-0.05, 0) is 32.0 Å². The van der Waals surface area contributed by atoms with Gasteiger partial charge in [-0.15, -0.1) is 0 Å². The number of aromatic nitrogens is 1. The van der Waals surface area contributed by atoms with E-state index >= 15 is 0 Å². The molecule has 0 aliphatic carbocycles. The Kier molecular flexibility index (Phi) is 3.57. The van der Waals surface area contributed by atoms with Crippen molar-refractivity contribution in [2.24, 2.45) is 0 Å². The Morgan fingerprint density at radius 2 is 2.05 bits per heavy atom. The summed E-state index contributed by atoms with van der Waals surface area (Å²) in [7, 11) is -3.23. The number of hydrogen-bond acceptors (Lipinski definition) is 4. The van der Waals surface area contributed by atoms with Crippen LogP contribution in [0.25, 0.3) is 16.7 Å². The van der Waals surface area contributed by atoms with Crippen LogP contribution in [-0.2, 0) is 9.84 Å². The quantitative estimate of drug-likeness (QED) is 0.808. The Balaban J connectivity index is 2.59. The summed E-state index contributed by atoms with van der Waals surface area (Å²) in [6.45, 7) is 3.81. The Bertz CT molecular complexity index is 767. The Morgan fingerprint density at radius 3 is 2.63 bits per heavy atom. The zero-order chi connectivity index (χ0) is 14.0. The highest BCUT2D eigenvalue weighted by Crippen LogP contribution is 2.24. The molecule has 2 aromatic rings. The maximum atomic E-state index is 11.5. The van der Waals surface area contributed by atoms with Crippen LogP contribution in [0.5, 0.6) is 0 Å². The average molecular weight is 277 g/mol. The molecule has 0 fully saturated rings. The van der Waals surface area contributed by atoms with Crippen LogP contribution < -0.4 is 0 Å². The van der Waals surface area contributed by atoms with Crippen molar-refractivity contribution in [3.8, 4) is 0 Å². The fourth-order valence-electron chi connectivity index (χ4n) is 1.73. The van der Waals surface area contributed by atoms with E-state index < -0.39 is 9.84 Å². The summed E-state index contributed by atoms with van der Waals surface area (Å²) in [6.07, 6.45) is 6.85. The highest BCUT2D eigenvalue weighted by Gasteiger charge is 2.12. The molecule has 0 aliphatic heterocycles. The van der Waals surface area contributed by atoms with Crippen molar-refractivity contribution >= 4 is 26.5 Å². The van der Waals surface area contributed by atoms with Crippen molar-refractivity contribution in [2.75, 3.05) is 6.26 Å². The predicted octanol–water partition coefficient (Wildman–Crippen LogP) is 3.21. The smallest absolute Gasteiger partial charge is 0.226 e. The summed E-state index contributed by atoms with van der Waals surface area (Å²) in [6, 6.07) is 4.68. The molecule has 0 saturated heterocycles. The van der Waals surface area contributed by atoms with E-state index in [1.54, 1.807) is 6.07 Å². The fourth-order valence-corrected chi connectivity index (χ4v) is 2.37. The Morgan fingerprint density at radius 1 is 1.32 bits per heavy atom. The zero-order valence-electron chi connectivity index (χ0n) is 11.0. The highest BCUT2D eigenvalue weighted by molar-refractivity contribution is 7.90. The third-order valence-corrected chi connectivity index (χ3v) is 3.80. The Labute approximate surface area is 112 Å². The van der Waals surface area contributed by atoms with Crippen molar-refractivity contribution < 1.29 is 12.8 Å². The van der Waals surface area contributed by atoms with Gasteiger partial charge in [0.15, 0.2) is 15.4 Å². The number of nitrogens with zero attached hydrogens (tertiary/aromatic N) is 1. The van der Waals surface area contributed by atoms with Crippen LogP contribution in [0.1, 0.15) is 19.7 Å². The van der Waals surface area contributed by atoms with E-state index in [1.807, 2.05) is 32.1 Å². The molecule has 0 bridgehead atoms. The van der Waals surface area contributed by atoms with Gasteiger partial charge in [0.1, 0.15) is 5.52 Å². The van der Waals surface area contributed by atoms with E-state index in [0.29, 0.717) is 17.0 Å². The van der Waals surface area contributed by atoms with Gasteiger partial charge in [-0.3, -0.25) is 0 Å². The van der Waals surface area contributed by atoms with Crippen LogP contribution in [0.2, 0.25) is 0 Å². The van der Waals surface area contributed by atoms with Crippen molar-refractivity contribution in [3.63, 3.8) is 0 Å². The van der Waals surface area contributed by atoms with Gasteiger partial charge in [0, 0.05) is 11.8 Å². The molecule has 0 atom stereocenters. The van der Waals surface area contributed by atoms with Crippen LogP contribution in [0.15, 0.2) is 45.7 Å². The van der Waals surface area contributed by atoms with Crippen LogP contribution in [0.4, 0.5) is 0 Å². The first kappa shape index (κ1) is 13.5. The van der Waals surface area contributed by atoms with Gasteiger partial charge in [0.2, 0.25) is 5.89 Å². The molecule has 1 aromatic heterocycles. The molecule has 2 rings (SSSR count). The molecule has 0 spiro atoms. The second kappa shape index (κ2) is 5.01. The van der Waals surface area contributed by atoms with E-state index in [2.05, 4.69) is 4.98 Å². The molecule has 0 saturated carbocycles. The average Bonchev–Trinajstić information content (AvgIpc) is 2.77. The maximum Gasteiger partial charge on any atom is 0.226 e. The summed E-state index contributed by atoms with van der Waals surface area (Å²) in [5, 5.41) is 0. The molecule has 0 unspecified atom stereocenters. The van der Waals surface area contributed by atoms with Gasteiger partial charge in [-0.1, -0.05) is 18.2 Å². The summed E-state index contributed by atoms with van der Waals surface area (Å²) < 4.78 is 28.6. The lowest BCUT2D eigenvalue weighted by molar-refractivity contribution is 0.585. The van der Waals surface area contributed by atoms with E-state index in [9.17, 15) is 8.42 Å². The van der Waals surface area contributed by atoms with Gasteiger partial charge in [-0.25, -0.2) is 13.4 Å². The molecule has 100 valence electrons. The number of sulfone groups is 1. The van der Waals surface area contributed by atoms with Crippen molar-refractivity contribution in [1.29, 1.82) is 0 Å². The van der Waals surface area contributed by atoms with E-state index in [-0.39, 0.29) is 4.90 Å². The summed E-state index contributed by atoms with van der Waals surface area (Å²) in [5.41, 5.74) is 1.98. The second-order valence-electron chi connectivity index (χ2n) is 4.16. The molecule has 0 aliphatic rings. The van der Waals surface area contributed by atoms with Gasteiger partial charge >= 0.3 is 0 Å². The van der Waals surface area contributed by atoms with Gasteiger partial charge in [-0.2, -0.15) is 0 Å². The van der Waals surface area contributed by atoms with Crippen molar-refractivity contribution in [1.82, 2.24) is 4.98 Å². The van der Waals surface area contributed by atoms with Gasteiger partial charge in [0.05, 0.1) is 4.90 Å². The molecule has 1 aromatic carbocycles. The molecule has 0 amide bonds. The summed E-state index contributed by atoms with van der Waals surface area (Å²) >= 11 is 0. The first-order chi connectivity index (χ1) is 8.95. The number of oxazole rings is 1. The largest absolute Gasteiger partial charge is 0.436 e. The summed E-state index contributed by atoms with van der Waals surface area (Å²) in [4.78, 5) is 4.57. The molecular formula is C14H15NO3S.